The number of ether oxygens (including phenoxy) is 4. The summed E-state index contributed by atoms with van der Waals surface area (Å²) < 4.78 is 23.3. The van der Waals surface area contributed by atoms with Crippen molar-refractivity contribution in [3.05, 3.63) is 143 Å². The molecule has 15 atom stereocenters. The average molecular weight is 1820 g/mol. The predicted molar refractivity (Wildman–Crippen MR) is 500 cm³/mol. The third-order valence-corrected chi connectivity index (χ3v) is 25.4. The Bertz CT molecular complexity index is 5310. The van der Waals surface area contributed by atoms with E-state index in [1.54, 1.807) is 74.7 Å². The van der Waals surface area contributed by atoms with Crippen molar-refractivity contribution in [1.29, 1.82) is 0 Å². The number of amides is 9. The van der Waals surface area contributed by atoms with Gasteiger partial charge in [0.2, 0.25) is 17.7 Å². The lowest BCUT2D eigenvalue weighted by Crippen LogP contribution is -2.61. The zero-order chi connectivity index (χ0) is 95.6. The predicted octanol–water partition coefficient (Wildman–Crippen LogP) is 11.2. The molecule has 7 aliphatic rings. The second-order valence-corrected chi connectivity index (χ2v) is 38.1. The molecule has 6 aromatic rings. The van der Waals surface area contributed by atoms with Gasteiger partial charge in [0.25, 0.3) is 35.4 Å². The number of carbonyl (C=O) groups excluding carboxylic acids is 13. The fourth-order valence-corrected chi connectivity index (χ4v) is 17.0. The molecule has 3 aromatic heterocycles. The molecule has 10 heterocycles. The van der Waals surface area contributed by atoms with Crippen LogP contribution in [0, 0.1) is 35.0 Å². The molecule has 32 nitrogen and oxygen atoms in total. The largest absolute Gasteiger partial charge is 0.452 e. The van der Waals surface area contributed by atoms with Crippen LogP contribution in [0.2, 0.25) is 0 Å². The summed E-state index contributed by atoms with van der Waals surface area (Å²) in [5.41, 5.74) is 12.9. The SMILES string of the molecule is CC(=O)CC[C@@H]1C/C=C/c2cc3cc(ccc3cn2)[C@@H](C)NC(=O)[C@@H]2CCCN(N2)C(=O)[C@H](C)NC(=O)[C@H](C(C)C)OC1=O.CC(C)[C@@H]1OC(=O)C(C)(C)C/C=C/c2cc3cc(ccc3cn2)[C@@H](C)NC(=O)[C@@H]2CCCN(N2)C(=O)[C@H](C)NC1=O.CC(C)[C@@H]1OC(=O)[C@H](CCC2(C)CCCO2)C/C=C/c2cc3cc(ccc3cn2)[C@@H](C)NC(=O)[C@@H]2CCCN(N2)C(=O)[C@H](C)NC1=O. The third kappa shape index (κ3) is 27.0. The lowest BCUT2D eigenvalue weighted by molar-refractivity contribution is -0.167. The summed E-state index contributed by atoms with van der Waals surface area (Å²) in [6, 6.07) is 18.5. The smallest absolute Gasteiger partial charge is 0.312 e. The third-order valence-electron chi connectivity index (χ3n) is 25.4. The fraction of sp³-hybridized carbons (Fsp3) is 0.540. The van der Waals surface area contributed by atoms with E-state index in [9.17, 15) is 62.3 Å². The molecule has 132 heavy (non-hydrogen) atoms. The Morgan fingerprint density at radius 3 is 1.11 bits per heavy atom. The number of benzene rings is 3. The van der Waals surface area contributed by atoms with E-state index in [-0.39, 0.29) is 96.1 Å². The molecular weight excluding hydrogens is 1680 g/mol. The molecule has 710 valence electrons. The molecular formula is C100H133N15O17. The van der Waals surface area contributed by atoms with Gasteiger partial charge in [-0.3, -0.25) is 87.5 Å². The highest BCUT2D eigenvalue weighted by Gasteiger charge is 2.42. The van der Waals surface area contributed by atoms with E-state index in [2.05, 4.69) is 70.1 Å². The highest BCUT2D eigenvalue weighted by atomic mass is 16.6. The number of hydrogen-bond donors (Lipinski definition) is 9. The number of hydrazine groups is 3. The normalized spacial score (nSPS) is 28.1. The van der Waals surface area contributed by atoms with E-state index in [4.69, 9.17) is 18.9 Å². The minimum Gasteiger partial charge on any atom is -0.452 e. The van der Waals surface area contributed by atoms with Crippen LogP contribution >= 0.6 is 0 Å². The Kier molecular flexibility index (Phi) is 34.8. The van der Waals surface area contributed by atoms with Crippen LogP contribution in [-0.4, -0.2) is 193 Å². The van der Waals surface area contributed by atoms with Gasteiger partial charge in [0, 0.05) is 67.4 Å². The molecule has 0 saturated carbocycles. The standard InChI is InChI=1S/C36H49N5O6.C33H43N5O6.C31H41N5O5/c1-22(2)31-33(43)39-24(4)34(44)41-17-7-11-30(40-41)32(42)38-23(3)26-12-13-27-21-37-29(20-28(27)19-26)10-6-9-25(35(45)47-31)14-16-36(5)15-8-18-46-36;1-19(2)29-31(41)36-22(5)32(42)38-15-7-10-28(37-38)30(40)35-21(4)24-13-14-25-18-34-27(17-26(25)16-24)9-6-8-23(33(43)44-29)12-11-20(3)39;1-18(2)26-28(38)34-20(4)29(39)36-14-8-10-25(35-36)27(37)33-19(3)21-11-12-22-17-32-24(16-23(22)15-21)9-7-13-31(5,6)30(40)41-26/h6,10,12-13,19-25,30-31,40H,7-9,11,14-18H2,1-5H3,(H,38,42)(H,39,43);6,9,13-14,16-19,21-23,28-29,37H,7-8,10-12,15H2,1-5H3,(H,35,40)(H,36,41);7,9,11-12,15-20,25-26,35H,8,10,13-14H2,1-6H3,(H,33,37)(H,34,38)/b10-6+;9-6+;9-7+/t23-,24+,25+,30+,31+,36?;21-,22+,23+,28+,29+;19-,20+,25+,26+/m111/s1. The first-order valence-corrected chi connectivity index (χ1v) is 46.7. The number of pyridine rings is 3. The molecule has 4 fully saturated rings. The van der Waals surface area contributed by atoms with Gasteiger partial charge in [-0.2, -0.15) is 0 Å². The number of esters is 3. The lowest BCUT2D eigenvalue weighted by atomic mass is 9.89. The van der Waals surface area contributed by atoms with Gasteiger partial charge < -0.3 is 55.6 Å². The summed E-state index contributed by atoms with van der Waals surface area (Å²) in [5, 5.41) is 27.3. The first-order valence-electron chi connectivity index (χ1n) is 46.7. The molecule has 13 rings (SSSR count). The van der Waals surface area contributed by atoms with Crippen LogP contribution in [0.15, 0.2) is 110 Å². The number of ketones is 1. The first kappa shape index (κ1) is 101. The van der Waals surface area contributed by atoms with Gasteiger partial charge in [-0.15, -0.1) is 0 Å². The van der Waals surface area contributed by atoms with Crippen LogP contribution in [-0.2, 0) is 81.3 Å². The highest BCUT2D eigenvalue weighted by Crippen LogP contribution is 2.35. The molecule has 15 bridgehead atoms. The van der Waals surface area contributed by atoms with E-state index in [0.29, 0.717) is 96.1 Å². The number of nitrogens with zero attached hydrogens (tertiary/aromatic N) is 6. The van der Waals surface area contributed by atoms with Crippen molar-refractivity contribution >= 4 is 127 Å². The number of cyclic esters (lactones) is 3. The number of carbonyl (C=O) groups is 13. The first-order chi connectivity index (χ1) is 62.7. The van der Waals surface area contributed by atoms with Crippen molar-refractivity contribution in [1.82, 2.24) is 78.2 Å². The minimum absolute atomic E-state index is 0.0450. The number of Topliss-reactive ketones (excluding diaryl/α,β-unsaturated/α-hetero) is 1. The van der Waals surface area contributed by atoms with Crippen LogP contribution in [0.25, 0.3) is 50.5 Å². The molecule has 4 saturated heterocycles. The van der Waals surface area contributed by atoms with Gasteiger partial charge >= 0.3 is 17.9 Å². The number of fused-ring (bicyclic) bond motifs is 12. The second kappa shape index (κ2) is 45.6. The summed E-state index contributed by atoms with van der Waals surface area (Å²) in [6.07, 6.45) is 21.6. The van der Waals surface area contributed by atoms with E-state index < -0.39 is 113 Å². The maximum Gasteiger partial charge on any atom is 0.312 e. The van der Waals surface area contributed by atoms with Crippen LogP contribution in [0.1, 0.15) is 259 Å². The monoisotopic (exact) mass is 1820 g/mol. The van der Waals surface area contributed by atoms with Gasteiger partial charge in [0.05, 0.1) is 58.1 Å². The summed E-state index contributed by atoms with van der Waals surface area (Å²) in [7, 11) is 0. The molecule has 1 unspecified atom stereocenters. The molecule has 0 radical (unpaired) electrons. The van der Waals surface area contributed by atoms with Crippen molar-refractivity contribution in [3.63, 3.8) is 0 Å². The van der Waals surface area contributed by atoms with Crippen molar-refractivity contribution < 1.29 is 81.3 Å². The van der Waals surface area contributed by atoms with E-state index >= 15 is 0 Å². The molecule has 0 spiro atoms. The Morgan fingerprint density at radius 2 is 0.765 bits per heavy atom. The van der Waals surface area contributed by atoms with Crippen molar-refractivity contribution in [2.75, 3.05) is 26.2 Å². The summed E-state index contributed by atoms with van der Waals surface area (Å²) in [4.78, 5) is 185. The molecule has 7 aliphatic heterocycles. The van der Waals surface area contributed by atoms with Gasteiger partial charge in [-0.1, -0.05) is 96.2 Å². The van der Waals surface area contributed by atoms with Crippen LogP contribution in [0.3, 0.4) is 0 Å². The average Bonchev–Trinajstić information content (AvgIpc) is 0.846. The molecule has 9 N–H and O–H groups in total. The number of rotatable bonds is 9. The molecule has 32 heteroatoms. The lowest BCUT2D eigenvalue weighted by Gasteiger charge is -2.35. The second-order valence-electron chi connectivity index (χ2n) is 38.1. The Hall–Kier alpha value is -11.7. The zero-order valence-electron chi connectivity index (χ0n) is 79.0. The van der Waals surface area contributed by atoms with Crippen molar-refractivity contribution in [2.45, 2.75) is 285 Å². The van der Waals surface area contributed by atoms with Gasteiger partial charge in [-0.05, 0) is 264 Å². The van der Waals surface area contributed by atoms with Crippen LogP contribution in [0.5, 0.6) is 0 Å². The Morgan fingerprint density at radius 1 is 0.424 bits per heavy atom. The number of allylic oxidation sites excluding steroid dienone is 3. The quantitative estimate of drug-likeness (QED) is 0.0479. The van der Waals surface area contributed by atoms with Crippen LogP contribution in [0.4, 0.5) is 0 Å². The maximum absolute atomic E-state index is 13.7. The molecule has 3 aromatic carbocycles. The molecule has 0 aliphatic carbocycles. The van der Waals surface area contributed by atoms with Gasteiger partial charge in [-0.25, -0.2) is 16.3 Å². The Balaban J connectivity index is 0.000000191. The number of aromatic nitrogens is 3. The number of hydrogen-bond acceptors (Lipinski definition) is 23. The van der Waals surface area contributed by atoms with E-state index in [0.717, 1.165) is 73.2 Å². The Labute approximate surface area is 772 Å². The maximum atomic E-state index is 13.7. The minimum atomic E-state index is -1.13. The summed E-state index contributed by atoms with van der Waals surface area (Å²) in [6.45, 7) is 30.2. The topological polar surface area (TPSA) is 415 Å². The van der Waals surface area contributed by atoms with Gasteiger partial charge in [0.15, 0.2) is 18.3 Å². The van der Waals surface area contributed by atoms with Gasteiger partial charge in [0.1, 0.15) is 42.0 Å². The van der Waals surface area contributed by atoms with Crippen molar-refractivity contribution in [3.8, 4) is 0 Å². The number of nitrogens with one attached hydrogen (secondary N) is 9. The summed E-state index contributed by atoms with van der Waals surface area (Å²) >= 11 is 0. The summed E-state index contributed by atoms with van der Waals surface area (Å²) in [5.74, 6) is -7.17. The zero-order valence-corrected chi connectivity index (χ0v) is 79.0. The van der Waals surface area contributed by atoms with E-state index in [1.807, 2.05) is 150 Å². The van der Waals surface area contributed by atoms with Crippen molar-refractivity contribution in [2.24, 2.45) is 35.0 Å². The molecule has 9 amide bonds. The van der Waals surface area contributed by atoms with E-state index in [1.165, 1.54) is 22.0 Å². The fourth-order valence-electron chi connectivity index (χ4n) is 17.0. The highest BCUT2D eigenvalue weighted by molar-refractivity contribution is 5.95. The van der Waals surface area contributed by atoms with Crippen LogP contribution < -0.4 is 48.2 Å².